The number of anilines is 1. The Morgan fingerprint density at radius 2 is 1.91 bits per heavy atom. The normalized spacial score (nSPS) is 20.3. The lowest BCUT2D eigenvalue weighted by atomic mass is 9.97. The predicted octanol–water partition coefficient (Wildman–Crippen LogP) is 0.125. The number of piperazine rings is 1. The first-order chi connectivity index (χ1) is 15.5. The molecule has 2 saturated heterocycles. The zero-order chi connectivity index (χ0) is 22.5. The molecule has 0 radical (unpaired) electrons. The van der Waals surface area contributed by atoms with Gasteiger partial charge in [0.15, 0.2) is 0 Å². The van der Waals surface area contributed by atoms with E-state index in [0.717, 1.165) is 44.7 Å². The van der Waals surface area contributed by atoms with E-state index < -0.39 is 5.69 Å². The van der Waals surface area contributed by atoms with Crippen molar-refractivity contribution in [2.75, 3.05) is 44.6 Å². The van der Waals surface area contributed by atoms with E-state index in [-0.39, 0.29) is 18.0 Å². The number of nitrogens with two attached hydrogens (primary N) is 2. The third-order valence-corrected chi connectivity index (χ3v) is 6.19. The number of nitrogens with one attached hydrogen (secondary N) is 2. The highest BCUT2D eigenvalue weighted by Crippen LogP contribution is 2.18. The molecular formula is C22H32N8O2. The van der Waals surface area contributed by atoms with Gasteiger partial charge in [-0.15, -0.1) is 0 Å². The minimum absolute atomic E-state index is 0.223. The van der Waals surface area contributed by atoms with Gasteiger partial charge in [-0.2, -0.15) is 4.98 Å². The highest BCUT2D eigenvalue weighted by molar-refractivity contribution is 5.88. The summed E-state index contributed by atoms with van der Waals surface area (Å²) in [4.78, 5) is 33.0. The Morgan fingerprint density at radius 1 is 1.16 bits per heavy atom. The first-order valence-electron chi connectivity index (χ1n) is 11.2. The number of carbonyl (C=O) groups excluding carboxylic acids is 1. The Bertz CT molecular complexity index is 969. The average Bonchev–Trinajstić information content (AvgIpc) is 2.80. The highest BCUT2D eigenvalue weighted by Gasteiger charge is 2.21. The first-order valence-corrected chi connectivity index (χ1v) is 11.2. The van der Waals surface area contributed by atoms with E-state index in [0.29, 0.717) is 25.6 Å². The maximum Gasteiger partial charge on any atom is 0.354 e. The van der Waals surface area contributed by atoms with E-state index in [1.165, 1.54) is 10.1 Å². The van der Waals surface area contributed by atoms with E-state index in [1.54, 1.807) is 17.2 Å². The molecule has 0 saturated carbocycles. The van der Waals surface area contributed by atoms with Crippen molar-refractivity contribution in [3.63, 3.8) is 0 Å². The summed E-state index contributed by atoms with van der Waals surface area (Å²) < 4.78 is 1.47. The number of rotatable bonds is 5. The summed E-state index contributed by atoms with van der Waals surface area (Å²) in [6.07, 6.45) is 3.68. The molecule has 10 nitrogen and oxygen atoms in total. The number of piperidine rings is 1. The maximum atomic E-state index is 12.5. The van der Waals surface area contributed by atoms with E-state index >= 15 is 0 Å². The number of carbonyl (C=O) groups is 1. The van der Waals surface area contributed by atoms with Crippen molar-refractivity contribution in [2.45, 2.75) is 25.6 Å². The van der Waals surface area contributed by atoms with Crippen LogP contribution < -0.4 is 27.8 Å². The number of nitrogens with zero attached hydrogens (tertiary/aromatic N) is 4. The number of hydrogen-bond acceptors (Lipinski definition) is 7. The molecule has 172 valence electrons. The molecule has 4 rings (SSSR count). The fraction of sp³-hybridized carbons (Fsp3) is 0.500. The second-order valence-electron chi connectivity index (χ2n) is 8.52. The van der Waals surface area contributed by atoms with E-state index in [9.17, 15) is 9.59 Å². The summed E-state index contributed by atoms with van der Waals surface area (Å²) in [6.45, 7) is 5.39. The van der Waals surface area contributed by atoms with Crippen molar-refractivity contribution in [1.82, 2.24) is 24.7 Å². The zero-order valence-electron chi connectivity index (χ0n) is 18.2. The minimum Gasteiger partial charge on any atom is -0.330 e. The number of benzene rings is 1. The van der Waals surface area contributed by atoms with Crippen LogP contribution in [0, 0.1) is 5.92 Å². The molecule has 2 aliphatic heterocycles. The van der Waals surface area contributed by atoms with Gasteiger partial charge in [0.05, 0.1) is 18.4 Å². The molecular weight excluding hydrogens is 408 g/mol. The van der Waals surface area contributed by atoms with Gasteiger partial charge < -0.3 is 16.4 Å². The number of urea groups is 1. The standard InChI is InChI=1S/C22H32N8O2/c23-13-16-5-9-28(10-6-16)14-17-1-3-18(4-2-17)30-11-7-20(27-22(30)32)26-21(31)29-12-8-25-19(24)15-29/h1-4,7,11,16,19,25H,5-6,8-10,12-15,23-24H2,(H,26,27,31,32)/t19-/m0/s1. The van der Waals surface area contributed by atoms with Crippen molar-refractivity contribution in [3.05, 3.63) is 52.6 Å². The van der Waals surface area contributed by atoms with Gasteiger partial charge in [-0.3, -0.25) is 20.1 Å². The molecule has 0 aliphatic carbocycles. The molecule has 2 aliphatic rings. The van der Waals surface area contributed by atoms with Crippen LogP contribution in [0.5, 0.6) is 0 Å². The third-order valence-electron chi connectivity index (χ3n) is 6.19. The minimum atomic E-state index is -0.448. The van der Waals surface area contributed by atoms with Crippen molar-refractivity contribution in [2.24, 2.45) is 17.4 Å². The molecule has 0 bridgehead atoms. The predicted molar refractivity (Wildman–Crippen MR) is 123 cm³/mol. The van der Waals surface area contributed by atoms with Gasteiger partial charge in [0.1, 0.15) is 5.82 Å². The van der Waals surface area contributed by atoms with Gasteiger partial charge >= 0.3 is 11.7 Å². The summed E-state index contributed by atoms with van der Waals surface area (Å²) in [5, 5.41) is 5.76. The SMILES string of the molecule is NCC1CCN(Cc2ccc(-n3ccc(NC(=O)N4CCN[C@H](N)C4)nc3=O)cc2)CC1. The van der Waals surface area contributed by atoms with Crippen LogP contribution >= 0.6 is 0 Å². The Kier molecular flexibility index (Phi) is 7.15. The van der Waals surface area contributed by atoms with Crippen molar-refractivity contribution in [1.29, 1.82) is 0 Å². The van der Waals surface area contributed by atoms with Gasteiger partial charge in [0.2, 0.25) is 0 Å². The largest absolute Gasteiger partial charge is 0.354 e. The summed E-state index contributed by atoms with van der Waals surface area (Å²) in [7, 11) is 0. The van der Waals surface area contributed by atoms with E-state index in [1.807, 2.05) is 24.3 Å². The second-order valence-corrected chi connectivity index (χ2v) is 8.52. The van der Waals surface area contributed by atoms with Gasteiger partial charge in [-0.25, -0.2) is 9.59 Å². The van der Waals surface area contributed by atoms with Crippen molar-refractivity contribution in [3.8, 4) is 5.69 Å². The van der Waals surface area contributed by atoms with Gasteiger partial charge in [0.25, 0.3) is 0 Å². The lowest BCUT2D eigenvalue weighted by molar-refractivity contribution is 0.180. The molecule has 1 aromatic heterocycles. The monoisotopic (exact) mass is 440 g/mol. The first kappa shape index (κ1) is 22.4. The van der Waals surface area contributed by atoms with Crippen LogP contribution in [0.3, 0.4) is 0 Å². The Labute approximate surface area is 187 Å². The fourth-order valence-electron chi connectivity index (χ4n) is 4.22. The molecule has 6 N–H and O–H groups in total. The molecule has 1 atom stereocenters. The summed E-state index contributed by atoms with van der Waals surface area (Å²) >= 11 is 0. The topological polar surface area (TPSA) is 135 Å². The van der Waals surface area contributed by atoms with Crippen LogP contribution in [0.15, 0.2) is 41.3 Å². The third kappa shape index (κ3) is 5.52. The van der Waals surface area contributed by atoms with Crippen LogP contribution in [0.25, 0.3) is 5.69 Å². The average molecular weight is 441 g/mol. The van der Waals surface area contributed by atoms with E-state index in [2.05, 4.69) is 20.5 Å². The molecule has 2 amide bonds. The number of hydrogen-bond donors (Lipinski definition) is 4. The van der Waals surface area contributed by atoms with Crippen LogP contribution in [0.2, 0.25) is 0 Å². The summed E-state index contributed by atoms with van der Waals surface area (Å²) in [5.74, 6) is 0.871. The lowest BCUT2D eigenvalue weighted by Crippen LogP contribution is -2.57. The smallest absolute Gasteiger partial charge is 0.330 e. The number of aromatic nitrogens is 2. The van der Waals surface area contributed by atoms with Gasteiger partial charge in [0, 0.05) is 25.8 Å². The van der Waals surface area contributed by atoms with Crippen LogP contribution in [0.4, 0.5) is 10.6 Å². The van der Waals surface area contributed by atoms with Crippen molar-refractivity contribution < 1.29 is 4.79 Å². The Balaban J connectivity index is 1.36. The molecule has 32 heavy (non-hydrogen) atoms. The van der Waals surface area contributed by atoms with Crippen molar-refractivity contribution >= 4 is 11.8 Å². The van der Waals surface area contributed by atoms with Gasteiger partial charge in [-0.05, 0) is 62.2 Å². The Hall–Kier alpha value is -2.79. The van der Waals surface area contributed by atoms with Crippen LogP contribution in [-0.4, -0.2) is 70.8 Å². The summed E-state index contributed by atoms with van der Waals surface area (Å²) in [6, 6.07) is 9.24. The lowest BCUT2D eigenvalue weighted by Gasteiger charge is -2.31. The van der Waals surface area contributed by atoms with Crippen LogP contribution in [0.1, 0.15) is 18.4 Å². The molecule has 0 unspecified atom stereocenters. The quantitative estimate of drug-likeness (QED) is 0.519. The number of amides is 2. The fourth-order valence-corrected chi connectivity index (χ4v) is 4.22. The molecule has 0 spiro atoms. The van der Waals surface area contributed by atoms with E-state index in [4.69, 9.17) is 11.5 Å². The maximum absolute atomic E-state index is 12.5. The molecule has 3 heterocycles. The Morgan fingerprint density at radius 3 is 2.56 bits per heavy atom. The molecule has 2 aromatic rings. The highest BCUT2D eigenvalue weighted by atomic mass is 16.2. The summed E-state index contributed by atoms with van der Waals surface area (Å²) in [5.41, 5.74) is 13.1. The molecule has 2 fully saturated rings. The molecule has 1 aromatic carbocycles. The number of likely N-dealkylation sites (tertiary alicyclic amines) is 1. The zero-order valence-corrected chi connectivity index (χ0v) is 18.2. The second kappa shape index (κ2) is 10.2. The van der Waals surface area contributed by atoms with Gasteiger partial charge in [-0.1, -0.05) is 12.1 Å². The molecule has 10 heteroatoms. The van der Waals surface area contributed by atoms with Crippen LogP contribution in [-0.2, 0) is 6.54 Å².